The largest absolute Gasteiger partial charge is 0.312 e. The van der Waals surface area contributed by atoms with Crippen LogP contribution in [0.1, 0.15) is 19.3 Å². The molecule has 0 aliphatic carbocycles. The Bertz CT molecular complexity index is 645. The third-order valence-corrected chi connectivity index (χ3v) is 3.42. The Hall–Kier alpha value is -2.30. The van der Waals surface area contributed by atoms with E-state index in [0.717, 1.165) is 24.7 Å². The molecule has 2 aromatic rings. The van der Waals surface area contributed by atoms with Gasteiger partial charge < -0.3 is 4.90 Å². The molecule has 0 atom stereocenters. The average Bonchev–Trinajstić information content (AvgIpc) is 2.48. The first-order chi connectivity index (χ1) is 9.75. The van der Waals surface area contributed by atoms with E-state index in [1.807, 2.05) is 12.1 Å². The van der Waals surface area contributed by atoms with E-state index in [1.165, 1.54) is 6.33 Å². The fraction of sp³-hybridized carbons (Fsp3) is 0.267. The molecule has 1 aliphatic rings. The van der Waals surface area contributed by atoms with Gasteiger partial charge in [-0.3, -0.25) is 4.79 Å². The smallest absolute Gasteiger partial charge is 0.226 e. The monoisotopic (exact) mass is 271 g/mol. The summed E-state index contributed by atoms with van der Waals surface area (Å²) in [5, 5.41) is 0. The first-order valence-corrected chi connectivity index (χ1v) is 6.62. The summed E-state index contributed by atoms with van der Waals surface area (Å²) in [5.41, 5.74) is 1.71. The lowest BCUT2D eigenvalue weighted by Gasteiger charge is -2.27. The lowest BCUT2D eigenvalue weighted by molar-refractivity contribution is -0.119. The van der Waals surface area contributed by atoms with E-state index < -0.39 is 5.82 Å². The third kappa shape index (κ3) is 2.39. The van der Waals surface area contributed by atoms with Crippen LogP contribution in [-0.2, 0) is 4.79 Å². The van der Waals surface area contributed by atoms with Crippen LogP contribution in [0.25, 0.3) is 11.3 Å². The molecule has 0 saturated carbocycles. The Morgan fingerprint density at radius 3 is 2.95 bits per heavy atom. The van der Waals surface area contributed by atoms with E-state index in [0.29, 0.717) is 18.5 Å². The molecule has 3 rings (SSSR count). The number of rotatable bonds is 2. The van der Waals surface area contributed by atoms with Gasteiger partial charge in [0.1, 0.15) is 12.0 Å². The third-order valence-electron chi connectivity index (χ3n) is 3.42. The molecule has 1 aromatic heterocycles. The molecule has 1 aromatic carbocycles. The summed E-state index contributed by atoms with van der Waals surface area (Å²) < 4.78 is 13.7. The van der Waals surface area contributed by atoms with Gasteiger partial charge in [-0.25, -0.2) is 14.4 Å². The van der Waals surface area contributed by atoms with Crippen LogP contribution in [0.5, 0.6) is 0 Å². The second-order valence-electron chi connectivity index (χ2n) is 4.77. The molecule has 20 heavy (non-hydrogen) atoms. The molecule has 1 amide bonds. The van der Waals surface area contributed by atoms with Gasteiger partial charge in [-0.15, -0.1) is 0 Å². The number of hydrogen-bond donors (Lipinski definition) is 0. The molecule has 0 spiro atoms. The number of amides is 1. The molecule has 102 valence electrons. The predicted octanol–water partition coefficient (Wildman–Crippen LogP) is 2.80. The van der Waals surface area contributed by atoms with Crippen molar-refractivity contribution >= 4 is 11.6 Å². The molecule has 2 heterocycles. The highest BCUT2D eigenvalue weighted by molar-refractivity contribution is 5.94. The van der Waals surface area contributed by atoms with Gasteiger partial charge in [-0.05, 0) is 25.0 Å². The quantitative estimate of drug-likeness (QED) is 0.843. The number of halogens is 1. The van der Waals surface area contributed by atoms with Gasteiger partial charge in [-0.1, -0.05) is 12.1 Å². The minimum Gasteiger partial charge on any atom is -0.312 e. The van der Waals surface area contributed by atoms with Crippen molar-refractivity contribution in [1.29, 1.82) is 0 Å². The average molecular weight is 271 g/mol. The van der Waals surface area contributed by atoms with Gasteiger partial charge in [0.25, 0.3) is 0 Å². The normalized spacial score (nSPS) is 15.4. The zero-order valence-corrected chi connectivity index (χ0v) is 10.9. The van der Waals surface area contributed by atoms with Crippen molar-refractivity contribution in [3.8, 4) is 11.3 Å². The summed E-state index contributed by atoms with van der Waals surface area (Å²) >= 11 is 0. The van der Waals surface area contributed by atoms with Crippen LogP contribution in [-0.4, -0.2) is 22.4 Å². The molecular formula is C15H14FN3O. The van der Waals surface area contributed by atoms with E-state index in [4.69, 9.17) is 0 Å². The molecule has 0 N–H and O–H groups in total. The van der Waals surface area contributed by atoms with Crippen molar-refractivity contribution in [2.24, 2.45) is 0 Å². The Morgan fingerprint density at radius 2 is 2.15 bits per heavy atom. The van der Waals surface area contributed by atoms with Crippen LogP contribution in [0.2, 0.25) is 0 Å². The van der Waals surface area contributed by atoms with Crippen LogP contribution >= 0.6 is 0 Å². The van der Waals surface area contributed by atoms with E-state index in [-0.39, 0.29) is 11.6 Å². The molecule has 0 bridgehead atoms. The number of carbonyl (C=O) groups excluding carboxylic acids is 1. The number of anilines is 1. The minimum atomic E-state index is -0.463. The van der Waals surface area contributed by atoms with Gasteiger partial charge in [0.05, 0.1) is 6.20 Å². The minimum absolute atomic E-state index is 0.122. The van der Waals surface area contributed by atoms with E-state index >= 15 is 0 Å². The maximum Gasteiger partial charge on any atom is 0.226 e. The first-order valence-electron chi connectivity index (χ1n) is 6.62. The van der Waals surface area contributed by atoms with Crippen molar-refractivity contribution in [2.45, 2.75) is 19.3 Å². The van der Waals surface area contributed by atoms with Crippen LogP contribution in [0.15, 0.2) is 36.8 Å². The number of aromatic nitrogens is 2. The second kappa shape index (κ2) is 5.36. The van der Waals surface area contributed by atoms with Gasteiger partial charge in [0.15, 0.2) is 5.82 Å². The Labute approximate surface area is 116 Å². The second-order valence-corrected chi connectivity index (χ2v) is 4.77. The number of hydrogen-bond acceptors (Lipinski definition) is 3. The number of benzene rings is 1. The molecule has 1 fully saturated rings. The summed E-state index contributed by atoms with van der Waals surface area (Å²) in [6, 6.07) is 7.26. The van der Waals surface area contributed by atoms with E-state index in [1.54, 1.807) is 17.0 Å². The summed E-state index contributed by atoms with van der Waals surface area (Å²) in [4.78, 5) is 21.3. The molecule has 4 nitrogen and oxygen atoms in total. The highest BCUT2D eigenvalue weighted by Gasteiger charge is 2.20. The van der Waals surface area contributed by atoms with Crippen molar-refractivity contribution in [3.63, 3.8) is 0 Å². The highest BCUT2D eigenvalue weighted by Crippen LogP contribution is 2.27. The Kier molecular flexibility index (Phi) is 3.41. The summed E-state index contributed by atoms with van der Waals surface area (Å²) in [6.45, 7) is 0.717. The van der Waals surface area contributed by atoms with Crippen molar-refractivity contribution < 1.29 is 9.18 Å². The van der Waals surface area contributed by atoms with Gasteiger partial charge in [0, 0.05) is 24.2 Å². The van der Waals surface area contributed by atoms with Crippen LogP contribution in [0.4, 0.5) is 10.1 Å². The van der Waals surface area contributed by atoms with Crippen molar-refractivity contribution in [1.82, 2.24) is 9.97 Å². The zero-order valence-electron chi connectivity index (χ0n) is 10.9. The fourth-order valence-corrected chi connectivity index (χ4v) is 2.43. The van der Waals surface area contributed by atoms with Gasteiger partial charge in [-0.2, -0.15) is 0 Å². The lowest BCUT2D eigenvalue weighted by atomic mass is 10.1. The van der Waals surface area contributed by atoms with Gasteiger partial charge in [0.2, 0.25) is 5.91 Å². The molecule has 5 heteroatoms. The van der Waals surface area contributed by atoms with Crippen molar-refractivity contribution in [2.75, 3.05) is 11.4 Å². The van der Waals surface area contributed by atoms with Gasteiger partial charge >= 0.3 is 0 Å². The van der Waals surface area contributed by atoms with E-state index in [2.05, 4.69) is 9.97 Å². The molecule has 0 radical (unpaired) electrons. The fourth-order valence-electron chi connectivity index (χ4n) is 2.43. The first kappa shape index (κ1) is 12.7. The standard InChI is InChI=1S/C15H14FN3O/c16-13-9-17-10-18-15(13)11-4-3-5-12(8-11)19-7-2-1-6-14(19)20/h3-5,8-10H,1-2,6-7H2. The molecular weight excluding hydrogens is 257 g/mol. The molecule has 1 aliphatic heterocycles. The molecule has 1 saturated heterocycles. The number of carbonyl (C=O) groups is 1. The SMILES string of the molecule is O=C1CCCCN1c1cccc(-c2ncncc2F)c1. The Balaban J connectivity index is 1.98. The molecule has 0 unspecified atom stereocenters. The topological polar surface area (TPSA) is 46.1 Å². The summed E-state index contributed by atoms with van der Waals surface area (Å²) in [7, 11) is 0. The highest BCUT2D eigenvalue weighted by atomic mass is 19.1. The Morgan fingerprint density at radius 1 is 1.25 bits per heavy atom. The van der Waals surface area contributed by atoms with E-state index in [9.17, 15) is 9.18 Å². The summed E-state index contributed by atoms with van der Waals surface area (Å²) in [5.74, 6) is -0.341. The lowest BCUT2D eigenvalue weighted by Crippen LogP contribution is -2.35. The maximum absolute atomic E-state index is 13.7. The van der Waals surface area contributed by atoms with Crippen LogP contribution in [0.3, 0.4) is 0 Å². The zero-order chi connectivity index (χ0) is 13.9. The predicted molar refractivity (Wildman–Crippen MR) is 73.6 cm³/mol. The number of nitrogens with zero attached hydrogens (tertiary/aromatic N) is 3. The van der Waals surface area contributed by atoms with Crippen molar-refractivity contribution in [3.05, 3.63) is 42.6 Å². The van der Waals surface area contributed by atoms with Crippen LogP contribution in [0, 0.1) is 5.82 Å². The summed E-state index contributed by atoms with van der Waals surface area (Å²) in [6.07, 6.45) is 4.97. The maximum atomic E-state index is 13.7. The van der Waals surface area contributed by atoms with Crippen LogP contribution < -0.4 is 4.90 Å². The number of piperidine rings is 1.